The zero-order valence-electron chi connectivity index (χ0n) is 12.2. The van der Waals surface area contributed by atoms with E-state index in [4.69, 9.17) is 0 Å². The molecule has 1 saturated heterocycles. The van der Waals surface area contributed by atoms with E-state index in [1.54, 1.807) is 0 Å². The van der Waals surface area contributed by atoms with Gasteiger partial charge in [0, 0.05) is 12.6 Å². The second kappa shape index (κ2) is 5.96. The van der Waals surface area contributed by atoms with E-state index in [9.17, 15) is 4.79 Å². The summed E-state index contributed by atoms with van der Waals surface area (Å²) in [6.45, 7) is 4.34. The molecule has 1 aromatic carbocycles. The Kier molecular flexibility index (Phi) is 4.06. The molecule has 1 amide bonds. The number of rotatable bonds is 4. The first-order chi connectivity index (χ1) is 9.74. The molecule has 3 rings (SSSR count). The summed E-state index contributed by atoms with van der Waals surface area (Å²) in [5.74, 6) is 0.872. The maximum Gasteiger partial charge on any atom is 0.242 e. The number of nitrogens with one attached hydrogen (secondary N) is 1. The van der Waals surface area contributed by atoms with Crippen LogP contribution < -0.4 is 5.32 Å². The van der Waals surface area contributed by atoms with E-state index in [1.165, 1.54) is 12.8 Å². The average Bonchev–Trinajstić information content (AvgIpc) is 3.24. The molecule has 3 heteroatoms. The van der Waals surface area contributed by atoms with Crippen molar-refractivity contribution < 1.29 is 4.79 Å². The first kappa shape index (κ1) is 13.6. The van der Waals surface area contributed by atoms with Crippen LogP contribution >= 0.6 is 0 Å². The Balaban J connectivity index is 1.80. The van der Waals surface area contributed by atoms with Crippen LogP contribution in [0.15, 0.2) is 30.3 Å². The van der Waals surface area contributed by atoms with E-state index in [0.717, 1.165) is 31.5 Å². The van der Waals surface area contributed by atoms with Gasteiger partial charge in [0.05, 0.1) is 0 Å². The van der Waals surface area contributed by atoms with Crippen LogP contribution in [0.25, 0.3) is 0 Å². The predicted molar refractivity (Wildman–Crippen MR) is 80.3 cm³/mol. The third-order valence-electron chi connectivity index (χ3n) is 4.34. The van der Waals surface area contributed by atoms with E-state index in [-0.39, 0.29) is 11.9 Å². The van der Waals surface area contributed by atoms with Crippen molar-refractivity contribution in [2.75, 3.05) is 13.1 Å². The summed E-state index contributed by atoms with van der Waals surface area (Å²) in [6, 6.07) is 10.5. The molecule has 20 heavy (non-hydrogen) atoms. The smallest absolute Gasteiger partial charge is 0.242 e. The molecule has 2 aliphatic rings. The van der Waals surface area contributed by atoms with Gasteiger partial charge >= 0.3 is 0 Å². The van der Waals surface area contributed by atoms with Gasteiger partial charge in [-0.2, -0.15) is 0 Å². The van der Waals surface area contributed by atoms with Crippen LogP contribution in [0.4, 0.5) is 0 Å². The van der Waals surface area contributed by atoms with Gasteiger partial charge in [0.1, 0.15) is 6.04 Å². The van der Waals surface area contributed by atoms with Crippen molar-refractivity contribution in [3.05, 3.63) is 35.9 Å². The summed E-state index contributed by atoms with van der Waals surface area (Å²) in [4.78, 5) is 15.0. The highest BCUT2D eigenvalue weighted by Gasteiger charge is 2.33. The topological polar surface area (TPSA) is 32.3 Å². The third kappa shape index (κ3) is 3.21. The Morgan fingerprint density at radius 3 is 2.65 bits per heavy atom. The second-order valence-electron chi connectivity index (χ2n) is 6.34. The van der Waals surface area contributed by atoms with Gasteiger partial charge in [-0.15, -0.1) is 0 Å². The number of benzene rings is 1. The van der Waals surface area contributed by atoms with Gasteiger partial charge in [0.2, 0.25) is 5.91 Å². The van der Waals surface area contributed by atoms with Crippen LogP contribution in [0.2, 0.25) is 0 Å². The SMILES string of the molecule is C[C@@H]1CCCN([C@H](C(=O)NC2CC2)c2ccccc2)C1. The summed E-state index contributed by atoms with van der Waals surface area (Å²) in [7, 11) is 0. The fraction of sp³-hybridized carbons (Fsp3) is 0.588. The van der Waals surface area contributed by atoms with E-state index < -0.39 is 0 Å². The standard InChI is InChI=1S/C17H24N2O/c1-13-6-5-11-19(12-13)16(14-7-3-2-4-8-14)17(20)18-15-9-10-15/h2-4,7-8,13,15-16H,5-6,9-12H2,1H3,(H,18,20)/t13-,16+/m1/s1. The Labute approximate surface area is 121 Å². The second-order valence-corrected chi connectivity index (χ2v) is 6.34. The fourth-order valence-electron chi connectivity index (χ4n) is 3.13. The van der Waals surface area contributed by atoms with E-state index >= 15 is 0 Å². The molecule has 108 valence electrons. The third-order valence-corrected chi connectivity index (χ3v) is 4.34. The Morgan fingerprint density at radius 2 is 2.00 bits per heavy atom. The quantitative estimate of drug-likeness (QED) is 0.914. The first-order valence-corrected chi connectivity index (χ1v) is 7.83. The number of nitrogens with zero attached hydrogens (tertiary/aromatic N) is 1. The van der Waals surface area contributed by atoms with Gasteiger partial charge in [0.15, 0.2) is 0 Å². The largest absolute Gasteiger partial charge is 0.352 e. The zero-order chi connectivity index (χ0) is 13.9. The van der Waals surface area contributed by atoms with Crippen molar-refractivity contribution in [2.45, 2.75) is 44.7 Å². The molecule has 1 heterocycles. The van der Waals surface area contributed by atoms with Gasteiger partial charge < -0.3 is 5.32 Å². The lowest BCUT2D eigenvalue weighted by Gasteiger charge is -2.36. The monoisotopic (exact) mass is 272 g/mol. The molecule has 1 N–H and O–H groups in total. The lowest BCUT2D eigenvalue weighted by atomic mass is 9.95. The molecule has 0 bridgehead atoms. The number of piperidine rings is 1. The summed E-state index contributed by atoms with van der Waals surface area (Å²) < 4.78 is 0. The molecule has 2 atom stereocenters. The maximum absolute atomic E-state index is 12.6. The molecule has 1 aromatic rings. The van der Waals surface area contributed by atoms with Crippen molar-refractivity contribution in [2.24, 2.45) is 5.92 Å². The lowest BCUT2D eigenvalue weighted by Crippen LogP contribution is -2.45. The lowest BCUT2D eigenvalue weighted by molar-refractivity contribution is -0.127. The van der Waals surface area contributed by atoms with Crippen molar-refractivity contribution in [3.63, 3.8) is 0 Å². The minimum Gasteiger partial charge on any atom is -0.352 e. The van der Waals surface area contributed by atoms with Crippen molar-refractivity contribution in [1.82, 2.24) is 10.2 Å². The number of carbonyl (C=O) groups is 1. The summed E-state index contributed by atoms with van der Waals surface area (Å²) in [5.41, 5.74) is 1.12. The van der Waals surface area contributed by atoms with Crippen molar-refractivity contribution >= 4 is 5.91 Å². The van der Waals surface area contributed by atoms with Gasteiger partial charge in [-0.1, -0.05) is 37.3 Å². The Hall–Kier alpha value is -1.35. The molecular weight excluding hydrogens is 248 g/mol. The van der Waals surface area contributed by atoms with E-state index in [2.05, 4.69) is 29.3 Å². The van der Waals surface area contributed by atoms with Gasteiger partial charge in [-0.25, -0.2) is 0 Å². The van der Waals surface area contributed by atoms with Crippen LogP contribution in [-0.2, 0) is 4.79 Å². The highest BCUT2D eigenvalue weighted by atomic mass is 16.2. The van der Waals surface area contributed by atoms with Crippen LogP contribution in [-0.4, -0.2) is 29.9 Å². The summed E-state index contributed by atoms with van der Waals surface area (Å²) in [5, 5.41) is 3.18. The molecule has 0 spiro atoms. The van der Waals surface area contributed by atoms with Crippen LogP contribution in [0.3, 0.4) is 0 Å². The molecular formula is C17H24N2O. The predicted octanol–water partition coefficient (Wildman–Crippen LogP) is 2.74. The summed E-state index contributed by atoms with van der Waals surface area (Å²) in [6.07, 6.45) is 4.76. The zero-order valence-corrected chi connectivity index (χ0v) is 12.2. The fourth-order valence-corrected chi connectivity index (χ4v) is 3.13. The number of hydrogen-bond acceptors (Lipinski definition) is 2. The van der Waals surface area contributed by atoms with Gasteiger partial charge in [-0.3, -0.25) is 9.69 Å². The highest BCUT2D eigenvalue weighted by Crippen LogP contribution is 2.28. The number of hydrogen-bond donors (Lipinski definition) is 1. The number of amides is 1. The molecule has 0 radical (unpaired) electrons. The average molecular weight is 272 g/mol. The molecule has 3 nitrogen and oxygen atoms in total. The minimum absolute atomic E-state index is 0.112. The van der Waals surface area contributed by atoms with Crippen LogP contribution in [0, 0.1) is 5.92 Å². The van der Waals surface area contributed by atoms with Crippen molar-refractivity contribution in [1.29, 1.82) is 0 Å². The Bertz CT molecular complexity index is 455. The van der Waals surface area contributed by atoms with Crippen LogP contribution in [0.5, 0.6) is 0 Å². The molecule has 1 saturated carbocycles. The molecule has 2 fully saturated rings. The van der Waals surface area contributed by atoms with Gasteiger partial charge in [0.25, 0.3) is 0 Å². The number of carbonyl (C=O) groups excluding carboxylic acids is 1. The molecule has 0 unspecified atom stereocenters. The minimum atomic E-state index is -0.112. The highest BCUT2D eigenvalue weighted by molar-refractivity contribution is 5.83. The molecule has 0 aromatic heterocycles. The normalized spacial score (nSPS) is 25.1. The van der Waals surface area contributed by atoms with E-state index in [1.807, 2.05) is 18.2 Å². The van der Waals surface area contributed by atoms with Crippen molar-refractivity contribution in [3.8, 4) is 0 Å². The molecule has 1 aliphatic carbocycles. The first-order valence-electron chi connectivity index (χ1n) is 7.83. The molecule has 1 aliphatic heterocycles. The Morgan fingerprint density at radius 1 is 1.25 bits per heavy atom. The number of likely N-dealkylation sites (tertiary alicyclic amines) is 1. The maximum atomic E-state index is 12.6. The summed E-state index contributed by atoms with van der Waals surface area (Å²) >= 11 is 0. The van der Waals surface area contributed by atoms with Crippen LogP contribution in [0.1, 0.15) is 44.2 Å². The van der Waals surface area contributed by atoms with E-state index in [0.29, 0.717) is 12.0 Å². The van der Waals surface area contributed by atoms with Gasteiger partial charge in [-0.05, 0) is 43.7 Å².